The predicted octanol–water partition coefficient (Wildman–Crippen LogP) is 3.33. The van der Waals surface area contributed by atoms with Gasteiger partial charge in [-0.1, -0.05) is 37.9 Å². The highest BCUT2D eigenvalue weighted by Gasteiger charge is 2.16. The summed E-state index contributed by atoms with van der Waals surface area (Å²) in [4.78, 5) is 4.33. The molecule has 0 radical (unpaired) electrons. The van der Waals surface area contributed by atoms with Gasteiger partial charge in [0.05, 0.1) is 0 Å². The van der Waals surface area contributed by atoms with Crippen LogP contribution in [0.1, 0.15) is 24.4 Å². The van der Waals surface area contributed by atoms with Crippen LogP contribution in [-0.2, 0) is 13.0 Å². The van der Waals surface area contributed by atoms with Gasteiger partial charge in [-0.3, -0.25) is 4.68 Å². The zero-order chi connectivity index (χ0) is 13.8. The number of hydrogen-bond donors (Lipinski definition) is 1. The molecule has 1 N–H and O–H groups in total. The first-order valence-electron chi connectivity index (χ1n) is 6.14. The Bertz CT molecular complexity index is 553. The van der Waals surface area contributed by atoms with Crippen molar-refractivity contribution in [3.63, 3.8) is 0 Å². The van der Waals surface area contributed by atoms with Gasteiger partial charge < -0.3 is 5.32 Å². The second kappa shape index (κ2) is 6.63. The van der Waals surface area contributed by atoms with Crippen molar-refractivity contribution in [1.29, 1.82) is 0 Å². The molecule has 0 aliphatic rings. The van der Waals surface area contributed by atoms with Gasteiger partial charge in [-0.15, -0.1) is 0 Å². The Hall–Kier alpha value is -0.720. The summed E-state index contributed by atoms with van der Waals surface area (Å²) >= 11 is 7.09. The second-order valence-corrected chi connectivity index (χ2v) is 5.97. The molecule has 0 saturated heterocycles. The van der Waals surface area contributed by atoms with Gasteiger partial charge in [0, 0.05) is 28.0 Å². The summed E-state index contributed by atoms with van der Waals surface area (Å²) in [6, 6.07) is 6.43. The molecule has 0 aliphatic carbocycles. The van der Waals surface area contributed by atoms with E-state index in [0.29, 0.717) is 0 Å². The van der Waals surface area contributed by atoms with Crippen LogP contribution in [0.5, 0.6) is 0 Å². The lowest BCUT2D eigenvalue weighted by molar-refractivity contribution is 0.532. The third kappa shape index (κ3) is 3.43. The molecule has 0 aliphatic heterocycles. The van der Waals surface area contributed by atoms with E-state index >= 15 is 0 Å². The van der Waals surface area contributed by atoms with Gasteiger partial charge in [0.2, 0.25) is 0 Å². The van der Waals surface area contributed by atoms with E-state index in [1.807, 2.05) is 11.7 Å². The van der Waals surface area contributed by atoms with Crippen LogP contribution in [0, 0.1) is 0 Å². The van der Waals surface area contributed by atoms with Crippen LogP contribution >= 0.6 is 31.9 Å². The van der Waals surface area contributed by atoms with Crippen LogP contribution in [0.3, 0.4) is 0 Å². The lowest BCUT2D eigenvalue weighted by Gasteiger charge is -2.18. The normalized spacial score (nSPS) is 12.6. The fourth-order valence-corrected chi connectivity index (χ4v) is 3.37. The van der Waals surface area contributed by atoms with Gasteiger partial charge in [0.15, 0.2) is 0 Å². The van der Waals surface area contributed by atoms with E-state index < -0.39 is 0 Å². The van der Waals surface area contributed by atoms with Gasteiger partial charge in [-0.05, 0) is 31.7 Å². The van der Waals surface area contributed by atoms with Gasteiger partial charge in [-0.2, -0.15) is 5.10 Å². The molecule has 0 fully saturated rings. The van der Waals surface area contributed by atoms with Crippen molar-refractivity contribution in [3.05, 3.63) is 44.9 Å². The summed E-state index contributed by atoms with van der Waals surface area (Å²) < 4.78 is 4.08. The Morgan fingerprint density at radius 2 is 2.16 bits per heavy atom. The van der Waals surface area contributed by atoms with Crippen LogP contribution in [0.15, 0.2) is 33.5 Å². The largest absolute Gasteiger partial charge is 0.313 e. The molecular formula is C13H16Br2N4. The van der Waals surface area contributed by atoms with Gasteiger partial charge in [0.25, 0.3) is 0 Å². The molecule has 0 spiro atoms. The van der Waals surface area contributed by atoms with Crippen molar-refractivity contribution in [2.45, 2.75) is 25.9 Å². The van der Waals surface area contributed by atoms with Crippen molar-refractivity contribution in [2.75, 3.05) is 7.05 Å². The van der Waals surface area contributed by atoms with Crippen LogP contribution < -0.4 is 5.32 Å². The van der Waals surface area contributed by atoms with E-state index in [-0.39, 0.29) is 6.04 Å². The van der Waals surface area contributed by atoms with E-state index in [1.165, 1.54) is 5.56 Å². The zero-order valence-corrected chi connectivity index (χ0v) is 14.1. The number of likely N-dealkylation sites (N-methyl/N-ethyl adjacent to an activating group) is 1. The maximum atomic E-state index is 4.33. The number of nitrogens with one attached hydrogen (secondary N) is 1. The first kappa shape index (κ1) is 14.7. The van der Waals surface area contributed by atoms with E-state index in [1.54, 1.807) is 6.33 Å². The highest BCUT2D eigenvalue weighted by Crippen LogP contribution is 2.28. The maximum absolute atomic E-state index is 4.33. The summed E-state index contributed by atoms with van der Waals surface area (Å²) in [7, 11) is 1.96. The molecule has 0 saturated carbocycles. The lowest BCUT2D eigenvalue weighted by atomic mass is 10.0. The quantitative estimate of drug-likeness (QED) is 0.855. The van der Waals surface area contributed by atoms with Gasteiger partial charge in [0.1, 0.15) is 12.2 Å². The molecule has 1 unspecified atom stereocenters. The maximum Gasteiger partial charge on any atom is 0.138 e. The summed E-state index contributed by atoms with van der Waals surface area (Å²) in [6.45, 7) is 2.91. The average molecular weight is 388 g/mol. The summed E-state index contributed by atoms with van der Waals surface area (Å²) in [5, 5.41) is 7.55. The van der Waals surface area contributed by atoms with Crippen molar-refractivity contribution in [1.82, 2.24) is 20.1 Å². The second-order valence-electron chi connectivity index (χ2n) is 4.20. The molecule has 0 amide bonds. The standard InChI is InChI=1S/C13H16Br2N4/c1-3-19-13(17-8-18-19)7-12(16-2)10-5-4-9(14)6-11(10)15/h4-6,8,12,16H,3,7H2,1-2H3. The van der Waals surface area contributed by atoms with E-state index in [2.05, 4.69) is 72.4 Å². The van der Waals surface area contributed by atoms with Gasteiger partial charge in [-0.25, -0.2) is 4.98 Å². The molecule has 1 heterocycles. The Labute approximate surface area is 129 Å². The van der Waals surface area contributed by atoms with Crippen molar-refractivity contribution in [3.8, 4) is 0 Å². The fourth-order valence-electron chi connectivity index (χ4n) is 2.04. The molecule has 102 valence electrons. The predicted molar refractivity (Wildman–Crippen MR) is 83.0 cm³/mol. The number of rotatable bonds is 5. The molecule has 4 nitrogen and oxygen atoms in total. The third-order valence-corrected chi connectivity index (χ3v) is 4.25. The van der Waals surface area contributed by atoms with E-state index in [0.717, 1.165) is 27.7 Å². The Morgan fingerprint density at radius 3 is 2.79 bits per heavy atom. The molecule has 19 heavy (non-hydrogen) atoms. The lowest BCUT2D eigenvalue weighted by Crippen LogP contribution is -2.21. The smallest absolute Gasteiger partial charge is 0.138 e. The first-order valence-corrected chi connectivity index (χ1v) is 7.73. The van der Waals surface area contributed by atoms with Crippen molar-refractivity contribution in [2.24, 2.45) is 0 Å². The molecule has 1 aromatic heterocycles. The van der Waals surface area contributed by atoms with Crippen LogP contribution in [0.2, 0.25) is 0 Å². The number of halogens is 2. The summed E-state index contributed by atoms with van der Waals surface area (Å²) in [5.74, 6) is 0.997. The molecular weight excluding hydrogens is 372 g/mol. The molecule has 6 heteroatoms. The minimum Gasteiger partial charge on any atom is -0.313 e. The summed E-state index contributed by atoms with van der Waals surface area (Å²) in [5.41, 5.74) is 1.22. The monoisotopic (exact) mass is 386 g/mol. The number of aryl methyl sites for hydroxylation is 1. The number of benzene rings is 1. The van der Waals surface area contributed by atoms with Crippen LogP contribution in [0.4, 0.5) is 0 Å². The SMILES string of the molecule is CCn1ncnc1CC(NC)c1ccc(Br)cc1Br. The van der Waals surface area contributed by atoms with Crippen molar-refractivity contribution >= 4 is 31.9 Å². The molecule has 2 rings (SSSR count). The Kier molecular flexibility index (Phi) is 5.13. The Morgan fingerprint density at radius 1 is 1.37 bits per heavy atom. The zero-order valence-electron chi connectivity index (χ0n) is 10.9. The van der Waals surface area contributed by atoms with Crippen LogP contribution in [-0.4, -0.2) is 21.8 Å². The third-order valence-electron chi connectivity index (χ3n) is 3.07. The van der Waals surface area contributed by atoms with Gasteiger partial charge >= 0.3 is 0 Å². The number of hydrogen-bond acceptors (Lipinski definition) is 3. The molecule has 0 bridgehead atoms. The van der Waals surface area contributed by atoms with E-state index in [9.17, 15) is 0 Å². The number of nitrogens with zero attached hydrogens (tertiary/aromatic N) is 3. The first-order chi connectivity index (χ1) is 9.15. The van der Waals surface area contributed by atoms with Crippen LogP contribution in [0.25, 0.3) is 0 Å². The van der Waals surface area contributed by atoms with Crippen molar-refractivity contribution < 1.29 is 0 Å². The molecule has 2 aromatic rings. The highest BCUT2D eigenvalue weighted by molar-refractivity contribution is 9.11. The fraction of sp³-hybridized carbons (Fsp3) is 0.385. The van der Waals surface area contributed by atoms with E-state index in [4.69, 9.17) is 0 Å². The Balaban J connectivity index is 2.25. The average Bonchev–Trinajstić information content (AvgIpc) is 2.84. The number of aromatic nitrogens is 3. The highest BCUT2D eigenvalue weighted by atomic mass is 79.9. The summed E-state index contributed by atoms with van der Waals surface area (Å²) in [6.07, 6.45) is 2.42. The topological polar surface area (TPSA) is 42.7 Å². The molecule has 1 aromatic carbocycles. The minimum atomic E-state index is 0.206. The minimum absolute atomic E-state index is 0.206. The molecule has 1 atom stereocenters.